The van der Waals surface area contributed by atoms with Crippen LogP contribution in [0.5, 0.6) is 0 Å². The van der Waals surface area contributed by atoms with E-state index in [1.54, 1.807) is 31.2 Å². The zero-order valence-corrected chi connectivity index (χ0v) is 24.5. The molecule has 2 amide bonds. The average molecular weight is 571 g/mol. The van der Waals surface area contributed by atoms with Crippen LogP contribution in [0.2, 0.25) is 10.0 Å². The summed E-state index contributed by atoms with van der Waals surface area (Å²) in [4.78, 5) is 27.7. The van der Waals surface area contributed by atoms with E-state index in [1.165, 1.54) is 9.21 Å². The number of hydrogen-bond donors (Lipinski definition) is 1. The Morgan fingerprint density at radius 3 is 2.24 bits per heavy atom. The van der Waals surface area contributed by atoms with Gasteiger partial charge in [-0.1, -0.05) is 48.7 Å². The van der Waals surface area contributed by atoms with Crippen molar-refractivity contribution in [1.82, 2.24) is 10.2 Å². The van der Waals surface area contributed by atoms with Gasteiger partial charge in [-0.3, -0.25) is 13.9 Å². The zero-order chi connectivity index (χ0) is 27.8. The number of carbonyl (C=O) groups is 2. The van der Waals surface area contributed by atoms with Gasteiger partial charge in [0, 0.05) is 41.7 Å². The van der Waals surface area contributed by atoms with Crippen molar-refractivity contribution in [2.24, 2.45) is 0 Å². The van der Waals surface area contributed by atoms with Crippen molar-refractivity contribution in [3.05, 3.63) is 63.1 Å². The molecule has 0 bridgehead atoms. The SMILES string of the molecule is CCCCNC(=O)[C@H](C)N(Cc1c(Cl)cccc1Cl)C(=O)CCCN(c1ccc(C)c(C)c1)S(C)(=O)=O. The number of hydrogen-bond acceptors (Lipinski definition) is 4. The Kier molecular flexibility index (Phi) is 11.7. The van der Waals surface area contributed by atoms with Crippen LogP contribution in [0, 0.1) is 13.8 Å². The number of benzene rings is 2. The Morgan fingerprint density at radius 2 is 1.68 bits per heavy atom. The summed E-state index contributed by atoms with van der Waals surface area (Å²) in [6.45, 7) is 8.30. The normalized spacial score (nSPS) is 12.2. The molecule has 1 N–H and O–H groups in total. The maximum Gasteiger partial charge on any atom is 0.242 e. The monoisotopic (exact) mass is 569 g/mol. The molecule has 0 radical (unpaired) electrons. The van der Waals surface area contributed by atoms with Crippen LogP contribution in [-0.2, 0) is 26.2 Å². The first kappa shape index (κ1) is 30.9. The Morgan fingerprint density at radius 1 is 1.03 bits per heavy atom. The summed E-state index contributed by atoms with van der Waals surface area (Å²) in [5.74, 6) is -0.555. The van der Waals surface area contributed by atoms with Gasteiger partial charge in [-0.15, -0.1) is 0 Å². The summed E-state index contributed by atoms with van der Waals surface area (Å²) in [6.07, 6.45) is 3.24. The van der Waals surface area contributed by atoms with Gasteiger partial charge in [0.05, 0.1) is 11.9 Å². The molecule has 10 heteroatoms. The maximum atomic E-state index is 13.4. The lowest BCUT2D eigenvalue weighted by Crippen LogP contribution is -2.48. The number of halogens is 2. The number of aryl methyl sites for hydroxylation is 2. The third kappa shape index (κ3) is 8.90. The largest absolute Gasteiger partial charge is 0.354 e. The van der Waals surface area contributed by atoms with Crippen molar-refractivity contribution in [3.63, 3.8) is 0 Å². The average Bonchev–Trinajstić information content (AvgIpc) is 2.82. The van der Waals surface area contributed by atoms with Crippen LogP contribution < -0.4 is 9.62 Å². The standard InChI is InChI=1S/C27H37Cl2N3O4S/c1-6-7-15-30-27(34)21(4)31(18-23-24(28)10-8-11-25(23)29)26(33)12-9-16-32(37(5,35)36)22-14-13-19(2)20(3)17-22/h8,10-11,13-14,17,21H,6-7,9,12,15-16,18H2,1-5H3,(H,30,34)/t21-/m0/s1. The van der Waals surface area contributed by atoms with E-state index in [-0.39, 0.29) is 37.7 Å². The minimum atomic E-state index is -3.56. The topological polar surface area (TPSA) is 86.8 Å². The number of nitrogens with one attached hydrogen (secondary N) is 1. The molecule has 0 spiro atoms. The summed E-state index contributed by atoms with van der Waals surface area (Å²) < 4.78 is 26.4. The third-order valence-electron chi connectivity index (χ3n) is 6.32. The van der Waals surface area contributed by atoms with Crippen molar-refractivity contribution in [3.8, 4) is 0 Å². The van der Waals surface area contributed by atoms with E-state index in [0.717, 1.165) is 30.2 Å². The minimum absolute atomic E-state index is 0.0471. The molecule has 2 aromatic rings. The fourth-order valence-electron chi connectivity index (χ4n) is 3.86. The van der Waals surface area contributed by atoms with Crippen LogP contribution in [0.1, 0.15) is 56.2 Å². The summed E-state index contributed by atoms with van der Waals surface area (Å²) in [5, 5.41) is 3.68. The van der Waals surface area contributed by atoms with E-state index in [1.807, 2.05) is 32.9 Å². The summed E-state index contributed by atoms with van der Waals surface area (Å²) in [6, 6.07) is 9.79. The zero-order valence-electron chi connectivity index (χ0n) is 22.2. The predicted octanol–water partition coefficient (Wildman–Crippen LogP) is 5.49. The van der Waals surface area contributed by atoms with Crippen LogP contribution in [0.25, 0.3) is 0 Å². The van der Waals surface area contributed by atoms with E-state index >= 15 is 0 Å². The van der Waals surface area contributed by atoms with Gasteiger partial charge in [0.1, 0.15) is 6.04 Å². The van der Waals surface area contributed by atoms with Crippen LogP contribution in [-0.4, -0.2) is 50.5 Å². The molecule has 0 aliphatic rings. The number of rotatable bonds is 13. The second kappa shape index (κ2) is 14.0. The van der Waals surface area contributed by atoms with E-state index < -0.39 is 16.1 Å². The van der Waals surface area contributed by atoms with Crippen molar-refractivity contribution in [2.45, 2.75) is 66.0 Å². The fraction of sp³-hybridized carbons (Fsp3) is 0.481. The molecule has 0 unspecified atom stereocenters. The highest BCUT2D eigenvalue weighted by molar-refractivity contribution is 7.92. The highest BCUT2D eigenvalue weighted by Gasteiger charge is 2.27. The van der Waals surface area contributed by atoms with E-state index in [4.69, 9.17) is 23.2 Å². The minimum Gasteiger partial charge on any atom is -0.354 e. The summed E-state index contributed by atoms with van der Waals surface area (Å²) in [5.41, 5.74) is 3.15. The van der Waals surface area contributed by atoms with Crippen LogP contribution in [0.3, 0.4) is 0 Å². The van der Waals surface area contributed by atoms with Gasteiger partial charge in [-0.05, 0) is 69.0 Å². The second-order valence-corrected chi connectivity index (χ2v) is 12.0. The van der Waals surface area contributed by atoms with Crippen molar-refractivity contribution >= 4 is 50.7 Å². The molecule has 0 aliphatic carbocycles. The Hall–Kier alpha value is -2.29. The number of unbranched alkanes of at least 4 members (excludes halogenated alkanes) is 1. The number of amides is 2. The number of carbonyl (C=O) groups excluding carboxylic acids is 2. The van der Waals surface area contributed by atoms with Gasteiger partial charge >= 0.3 is 0 Å². The van der Waals surface area contributed by atoms with Gasteiger partial charge in [-0.25, -0.2) is 8.42 Å². The van der Waals surface area contributed by atoms with Crippen LogP contribution in [0.15, 0.2) is 36.4 Å². The number of anilines is 1. The first-order valence-electron chi connectivity index (χ1n) is 12.4. The first-order valence-corrected chi connectivity index (χ1v) is 15.0. The van der Waals surface area contributed by atoms with Gasteiger partial charge in [-0.2, -0.15) is 0 Å². The fourth-order valence-corrected chi connectivity index (χ4v) is 5.33. The summed E-state index contributed by atoms with van der Waals surface area (Å²) in [7, 11) is -3.56. The quantitative estimate of drug-likeness (QED) is 0.323. The maximum absolute atomic E-state index is 13.4. The highest BCUT2D eigenvalue weighted by Crippen LogP contribution is 2.27. The Balaban J connectivity index is 2.22. The molecule has 2 rings (SSSR count). The smallest absolute Gasteiger partial charge is 0.242 e. The van der Waals surface area contributed by atoms with Crippen molar-refractivity contribution in [1.29, 1.82) is 0 Å². The lowest BCUT2D eigenvalue weighted by Gasteiger charge is -2.30. The van der Waals surface area contributed by atoms with Gasteiger partial charge in [0.15, 0.2) is 0 Å². The van der Waals surface area contributed by atoms with Crippen molar-refractivity contribution < 1.29 is 18.0 Å². The second-order valence-electron chi connectivity index (χ2n) is 9.25. The molecule has 37 heavy (non-hydrogen) atoms. The molecule has 0 fully saturated rings. The molecule has 0 saturated heterocycles. The number of nitrogens with zero attached hydrogens (tertiary/aromatic N) is 2. The molecule has 0 saturated carbocycles. The Labute approximate surface area is 231 Å². The Bertz CT molecular complexity index is 1180. The van der Waals surface area contributed by atoms with Crippen LogP contribution in [0.4, 0.5) is 5.69 Å². The van der Waals surface area contributed by atoms with Gasteiger partial charge < -0.3 is 10.2 Å². The molecule has 7 nitrogen and oxygen atoms in total. The van der Waals surface area contributed by atoms with Crippen LogP contribution >= 0.6 is 23.2 Å². The molecule has 0 aliphatic heterocycles. The van der Waals surface area contributed by atoms with Gasteiger partial charge in [0.25, 0.3) is 0 Å². The number of sulfonamides is 1. The lowest BCUT2D eigenvalue weighted by atomic mass is 10.1. The first-order chi connectivity index (χ1) is 17.4. The third-order valence-corrected chi connectivity index (χ3v) is 8.22. The van der Waals surface area contributed by atoms with E-state index in [9.17, 15) is 18.0 Å². The molecule has 0 heterocycles. The van der Waals surface area contributed by atoms with E-state index in [2.05, 4.69) is 5.32 Å². The molecule has 204 valence electrons. The molecular weight excluding hydrogens is 533 g/mol. The van der Waals surface area contributed by atoms with Gasteiger partial charge in [0.2, 0.25) is 21.8 Å². The highest BCUT2D eigenvalue weighted by atomic mass is 35.5. The lowest BCUT2D eigenvalue weighted by molar-refractivity contribution is -0.140. The molecular formula is C27H37Cl2N3O4S. The molecule has 0 aromatic heterocycles. The van der Waals surface area contributed by atoms with E-state index in [0.29, 0.717) is 27.8 Å². The molecule has 1 atom stereocenters. The summed E-state index contributed by atoms with van der Waals surface area (Å²) >= 11 is 12.7. The predicted molar refractivity (Wildman–Crippen MR) is 152 cm³/mol. The van der Waals surface area contributed by atoms with Crippen molar-refractivity contribution in [2.75, 3.05) is 23.7 Å². The molecule has 2 aromatic carbocycles.